The lowest BCUT2D eigenvalue weighted by atomic mass is 10.1. The van der Waals surface area contributed by atoms with Crippen molar-refractivity contribution in [3.8, 4) is 11.8 Å². The molecular formula is C11H9NOS. The Kier molecular flexibility index (Phi) is 2.14. The van der Waals surface area contributed by atoms with E-state index in [0.29, 0.717) is 0 Å². The van der Waals surface area contributed by atoms with Gasteiger partial charge in [0.1, 0.15) is 11.8 Å². The average Bonchev–Trinajstić information content (AvgIpc) is 2.61. The first-order valence-electron chi connectivity index (χ1n) is 4.22. The second kappa shape index (κ2) is 3.32. The molecule has 0 fully saturated rings. The van der Waals surface area contributed by atoms with Crippen molar-refractivity contribution in [2.24, 2.45) is 0 Å². The first-order valence-corrected chi connectivity index (χ1v) is 5.10. The fourth-order valence-electron chi connectivity index (χ4n) is 1.48. The maximum atomic E-state index is 8.89. The molecule has 14 heavy (non-hydrogen) atoms. The van der Waals surface area contributed by atoms with Gasteiger partial charge in [-0.3, -0.25) is 0 Å². The molecule has 0 aliphatic carbocycles. The summed E-state index contributed by atoms with van der Waals surface area (Å²) in [6, 6.07) is 6.08. The molecule has 0 radical (unpaired) electrons. The van der Waals surface area contributed by atoms with Crippen LogP contribution in [0.1, 0.15) is 11.1 Å². The number of thiophene rings is 1. The Morgan fingerprint density at radius 1 is 1.43 bits per heavy atom. The summed E-state index contributed by atoms with van der Waals surface area (Å²) >= 11 is 1.61. The van der Waals surface area contributed by atoms with Gasteiger partial charge in [-0.2, -0.15) is 5.26 Å². The number of aryl methyl sites for hydroxylation is 1. The van der Waals surface area contributed by atoms with Crippen LogP contribution in [-0.2, 0) is 0 Å². The summed E-state index contributed by atoms with van der Waals surface area (Å²) in [5, 5.41) is 11.8. The third kappa shape index (κ3) is 1.24. The molecule has 2 nitrogen and oxygen atoms in total. The largest absolute Gasteiger partial charge is 0.497 e. The van der Waals surface area contributed by atoms with Crippen molar-refractivity contribution < 1.29 is 4.74 Å². The third-order valence-corrected chi connectivity index (χ3v) is 3.32. The molecule has 0 amide bonds. The van der Waals surface area contributed by atoms with Gasteiger partial charge in [-0.15, -0.1) is 11.3 Å². The molecule has 0 spiro atoms. The number of nitrogens with zero attached hydrogens (tertiary/aromatic N) is 1. The van der Waals surface area contributed by atoms with Crippen LogP contribution in [0.5, 0.6) is 5.75 Å². The maximum absolute atomic E-state index is 8.89. The topological polar surface area (TPSA) is 33.0 Å². The van der Waals surface area contributed by atoms with Crippen LogP contribution >= 0.6 is 11.3 Å². The lowest BCUT2D eigenvalue weighted by Crippen LogP contribution is -1.84. The Bertz CT molecular complexity index is 522. The van der Waals surface area contributed by atoms with Gasteiger partial charge < -0.3 is 4.74 Å². The van der Waals surface area contributed by atoms with Gasteiger partial charge in [-0.05, 0) is 24.6 Å². The van der Waals surface area contributed by atoms with Crippen LogP contribution in [0.25, 0.3) is 10.1 Å². The smallest absolute Gasteiger partial charge is 0.119 e. The number of hydrogen-bond acceptors (Lipinski definition) is 3. The molecule has 1 aromatic heterocycles. The minimum absolute atomic E-state index is 0.729. The highest BCUT2D eigenvalue weighted by Gasteiger charge is 2.07. The summed E-state index contributed by atoms with van der Waals surface area (Å²) in [6.07, 6.45) is 0. The lowest BCUT2D eigenvalue weighted by molar-refractivity contribution is 0.415. The Balaban J connectivity index is 2.82. The zero-order chi connectivity index (χ0) is 10.1. The van der Waals surface area contributed by atoms with E-state index in [-0.39, 0.29) is 0 Å². The molecule has 0 saturated carbocycles. The van der Waals surface area contributed by atoms with Crippen LogP contribution in [0.15, 0.2) is 17.5 Å². The normalized spacial score (nSPS) is 10.1. The van der Waals surface area contributed by atoms with Crippen molar-refractivity contribution in [3.05, 3.63) is 28.6 Å². The summed E-state index contributed by atoms with van der Waals surface area (Å²) in [6.45, 7) is 2.03. The number of nitriles is 1. The fourth-order valence-corrected chi connectivity index (χ4v) is 2.44. The second-order valence-electron chi connectivity index (χ2n) is 3.08. The van der Waals surface area contributed by atoms with Crippen LogP contribution < -0.4 is 4.74 Å². The number of ether oxygens (including phenoxy) is 1. The number of rotatable bonds is 1. The van der Waals surface area contributed by atoms with E-state index in [4.69, 9.17) is 10.00 Å². The first-order chi connectivity index (χ1) is 6.76. The molecule has 2 rings (SSSR count). The summed E-state index contributed by atoms with van der Waals surface area (Å²) in [5.74, 6) is 0.810. The lowest BCUT2D eigenvalue weighted by Gasteiger charge is -2.02. The van der Waals surface area contributed by atoms with E-state index < -0.39 is 0 Å². The van der Waals surface area contributed by atoms with Gasteiger partial charge in [-0.1, -0.05) is 0 Å². The molecule has 0 aliphatic heterocycles. The van der Waals surface area contributed by atoms with Crippen molar-refractivity contribution in [2.75, 3.05) is 7.11 Å². The fraction of sp³-hybridized carbons (Fsp3) is 0.182. The number of benzene rings is 1. The number of fused-ring (bicyclic) bond motifs is 1. The molecule has 2 aromatic rings. The zero-order valence-electron chi connectivity index (χ0n) is 8.00. The molecule has 0 aliphatic rings. The molecule has 70 valence electrons. The molecule has 0 saturated heterocycles. The Hall–Kier alpha value is -1.53. The highest BCUT2D eigenvalue weighted by Crippen LogP contribution is 2.32. The Morgan fingerprint density at radius 2 is 2.21 bits per heavy atom. The third-order valence-electron chi connectivity index (χ3n) is 2.19. The van der Waals surface area contributed by atoms with Gasteiger partial charge in [0.25, 0.3) is 0 Å². The zero-order valence-corrected chi connectivity index (χ0v) is 8.81. The number of methoxy groups -OCH3 is 1. The molecule has 3 heteroatoms. The molecule has 1 heterocycles. The van der Waals surface area contributed by atoms with Crippen LogP contribution in [0.3, 0.4) is 0 Å². The highest BCUT2D eigenvalue weighted by molar-refractivity contribution is 7.17. The van der Waals surface area contributed by atoms with Crippen molar-refractivity contribution in [1.82, 2.24) is 0 Å². The van der Waals surface area contributed by atoms with Crippen LogP contribution in [-0.4, -0.2) is 7.11 Å². The molecule has 0 bridgehead atoms. The van der Waals surface area contributed by atoms with Gasteiger partial charge >= 0.3 is 0 Å². The van der Waals surface area contributed by atoms with E-state index >= 15 is 0 Å². The number of hydrogen-bond donors (Lipinski definition) is 0. The second-order valence-corrected chi connectivity index (χ2v) is 3.96. The van der Waals surface area contributed by atoms with E-state index in [0.717, 1.165) is 22.3 Å². The van der Waals surface area contributed by atoms with Crippen LogP contribution in [0, 0.1) is 18.3 Å². The summed E-state index contributed by atoms with van der Waals surface area (Å²) in [7, 11) is 1.64. The van der Waals surface area contributed by atoms with Gasteiger partial charge in [0.15, 0.2) is 0 Å². The molecule has 0 atom stereocenters. The highest BCUT2D eigenvalue weighted by atomic mass is 32.1. The minimum atomic E-state index is 0.729. The Labute approximate surface area is 86.4 Å². The van der Waals surface area contributed by atoms with Gasteiger partial charge in [0.05, 0.1) is 12.7 Å². The average molecular weight is 203 g/mol. The van der Waals surface area contributed by atoms with E-state index in [9.17, 15) is 0 Å². The van der Waals surface area contributed by atoms with Crippen LogP contribution in [0.2, 0.25) is 0 Å². The molecule has 0 unspecified atom stereocenters. The predicted molar refractivity (Wildman–Crippen MR) is 57.8 cm³/mol. The van der Waals surface area contributed by atoms with Gasteiger partial charge in [0, 0.05) is 15.5 Å². The van der Waals surface area contributed by atoms with Crippen LogP contribution in [0.4, 0.5) is 0 Å². The minimum Gasteiger partial charge on any atom is -0.497 e. The summed E-state index contributed by atoms with van der Waals surface area (Å²) in [4.78, 5) is 0. The first kappa shape index (κ1) is 9.04. The quantitative estimate of drug-likeness (QED) is 0.713. The monoisotopic (exact) mass is 203 g/mol. The van der Waals surface area contributed by atoms with Gasteiger partial charge in [-0.25, -0.2) is 0 Å². The standard InChI is InChI=1S/C11H9NOS/c1-7-3-9(13-2)4-10-8(5-12)6-14-11(7)10/h3-4,6H,1-2H3. The maximum Gasteiger partial charge on any atom is 0.119 e. The predicted octanol–water partition coefficient (Wildman–Crippen LogP) is 3.09. The van der Waals surface area contributed by atoms with E-state index in [2.05, 4.69) is 6.07 Å². The van der Waals surface area contributed by atoms with Crippen molar-refractivity contribution in [1.29, 1.82) is 5.26 Å². The summed E-state index contributed by atoms with van der Waals surface area (Å²) in [5.41, 5.74) is 1.89. The van der Waals surface area contributed by atoms with Crippen molar-refractivity contribution in [2.45, 2.75) is 6.92 Å². The van der Waals surface area contributed by atoms with E-state index in [1.165, 1.54) is 4.70 Å². The van der Waals surface area contributed by atoms with E-state index in [1.807, 2.05) is 24.4 Å². The summed E-state index contributed by atoms with van der Waals surface area (Å²) < 4.78 is 6.34. The van der Waals surface area contributed by atoms with E-state index in [1.54, 1.807) is 18.4 Å². The molecule has 0 N–H and O–H groups in total. The molecule has 1 aromatic carbocycles. The van der Waals surface area contributed by atoms with Crippen molar-refractivity contribution >= 4 is 21.4 Å². The van der Waals surface area contributed by atoms with Gasteiger partial charge in [0.2, 0.25) is 0 Å². The SMILES string of the molecule is COc1cc(C)c2scc(C#N)c2c1. The Morgan fingerprint density at radius 3 is 2.86 bits per heavy atom. The molecular weight excluding hydrogens is 194 g/mol. The van der Waals surface area contributed by atoms with Crippen molar-refractivity contribution in [3.63, 3.8) is 0 Å².